The molecule has 5 heteroatoms. The van der Waals surface area contributed by atoms with Crippen molar-refractivity contribution in [2.45, 2.75) is 18.9 Å². The van der Waals surface area contributed by atoms with E-state index < -0.39 is 11.4 Å². The first kappa shape index (κ1) is 14.5. The van der Waals surface area contributed by atoms with Crippen LogP contribution in [0.3, 0.4) is 0 Å². The maximum Gasteiger partial charge on any atom is 0.255 e. The predicted molar refractivity (Wildman–Crippen MR) is 71.5 cm³/mol. The van der Waals surface area contributed by atoms with Crippen molar-refractivity contribution in [3.8, 4) is 11.8 Å². The highest BCUT2D eigenvalue weighted by molar-refractivity contribution is 5.97. The smallest absolute Gasteiger partial charge is 0.255 e. The minimum Gasteiger partial charge on any atom is -0.388 e. The van der Waals surface area contributed by atoms with Gasteiger partial charge in [0, 0.05) is 18.7 Å². The Hall–Kier alpha value is -1.90. The van der Waals surface area contributed by atoms with Crippen molar-refractivity contribution in [1.82, 2.24) is 4.90 Å². The molecule has 1 heterocycles. The zero-order chi connectivity index (χ0) is 14.8. The van der Waals surface area contributed by atoms with E-state index in [4.69, 9.17) is 5.11 Å². The van der Waals surface area contributed by atoms with Gasteiger partial charge in [-0.2, -0.15) is 0 Å². The number of carbonyl (C=O) groups is 1. The van der Waals surface area contributed by atoms with Crippen LogP contribution in [0.15, 0.2) is 18.2 Å². The lowest BCUT2D eigenvalue weighted by molar-refractivity contribution is 0.0572. The van der Waals surface area contributed by atoms with Crippen molar-refractivity contribution < 1.29 is 19.4 Å². The third-order valence-electron chi connectivity index (χ3n) is 3.25. The van der Waals surface area contributed by atoms with Gasteiger partial charge in [0.25, 0.3) is 5.91 Å². The molecule has 1 aromatic carbocycles. The van der Waals surface area contributed by atoms with Gasteiger partial charge in [0.05, 0.1) is 11.2 Å². The minimum absolute atomic E-state index is 0.156. The third-order valence-corrected chi connectivity index (χ3v) is 3.25. The second kappa shape index (κ2) is 5.61. The summed E-state index contributed by atoms with van der Waals surface area (Å²) in [5.74, 6) is 4.21. The van der Waals surface area contributed by atoms with Crippen LogP contribution < -0.4 is 0 Å². The standard InChI is InChI=1S/C15H16FNO3/c1-15(20)6-7-17(10-15)14(19)13-9-12(16)5-4-11(13)3-2-8-18/h4-5,9,18,20H,6-8,10H2,1H3. The van der Waals surface area contributed by atoms with Crippen molar-refractivity contribution in [3.63, 3.8) is 0 Å². The number of halogens is 1. The lowest BCUT2D eigenvalue weighted by atomic mass is 10.1. The summed E-state index contributed by atoms with van der Waals surface area (Å²) in [5, 5.41) is 18.6. The Morgan fingerprint density at radius 1 is 1.55 bits per heavy atom. The number of aliphatic hydroxyl groups is 2. The monoisotopic (exact) mass is 277 g/mol. The van der Waals surface area contributed by atoms with Gasteiger partial charge in [-0.1, -0.05) is 11.8 Å². The number of hydrogen-bond donors (Lipinski definition) is 2. The molecule has 1 saturated heterocycles. The molecule has 20 heavy (non-hydrogen) atoms. The highest BCUT2D eigenvalue weighted by Crippen LogP contribution is 2.23. The zero-order valence-corrected chi connectivity index (χ0v) is 11.2. The number of nitrogens with zero attached hydrogens (tertiary/aromatic N) is 1. The quantitative estimate of drug-likeness (QED) is 0.745. The topological polar surface area (TPSA) is 60.8 Å². The number of hydrogen-bond acceptors (Lipinski definition) is 3. The molecule has 0 radical (unpaired) electrons. The van der Waals surface area contributed by atoms with Gasteiger partial charge in [0.2, 0.25) is 0 Å². The molecule has 1 unspecified atom stereocenters. The van der Waals surface area contributed by atoms with Gasteiger partial charge in [-0.3, -0.25) is 4.79 Å². The van der Waals surface area contributed by atoms with Gasteiger partial charge in [0.15, 0.2) is 0 Å². The van der Waals surface area contributed by atoms with Crippen molar-refractivity contribution in [1.29, 1.82) is 0 Å². The average Bonchev–Trinajstić information content (AvgIpc) is 2.77. The Balaban J connectivity index is 2.31. The van der Waals surface area contributed by atoms with Gasteiger partial charge in [-0.15, -0.1) is 0 Å². The molecule has 1 aliphatic heterocycles. The first-order valence-corrected chi connectivity index (χ1v) is 6.34. The molecule has 2 N–H and O–H groups in total. The number of β-amino-alcohol motifs (C(OH)–C–C–N with tert-alkyl or cyclic N) is 1. The SMILES string of the molecule is CC1(O)CCN(C(=O)c2cc(F)ccc2C#CCO)C1. The van der Waals surface area contributed by atoms with E-state index in [0.29, 0.717) is 18.5 Å². The summed E-state index contributed by atoms with van der Waals surface area (Å²) in [6, 6.07) is 3.77. The van der Waals surface area contributed by atoms with Crippen LogP contribution in [0.2, 0.25) is 0 Å². The van der Waals surface area contributed by atoms with Crippen LogP contribution in [0.1, 0.15) is 29.3 Å². The Morgan fingerprint density at radius 3 is 2.90 bits per heavy atom. The average molecular weight is 277 g/mol. The number of carbonyl (C=O) groups excluding carboxylic acids is 1. The summed E-state index contributed by atoms with van der Waals surface area (Å²) in [5.41, 5.74) is -0.374. The molecule has 1 aromatic rings. The molecule has 1 aliphatic rings. The molecule has 0 spiro atoms. The van der Waals surface area contributed by atoms with Crippen molar-refractivity contribution in [2.75, 3.05) is 19.7 Å². The van der Waals surface area contributed by atoms with E-state index in [1.807, 2.05) is 0 Å². The second-order valence-electron chi connectivity index (χ2n) is 5.12. The summed E-state index contributed by atoms with van der Waals surface area (Å²) < 4.78 is 13.4. The maximum absolute atomic E-state index is 13.4. The number of rotatable bonds is 1. The van der Waals surface area contributed by atoms with Crippen molar-refractivity contribution in [3.05, 3.63) is 35.1 Å². The van der Waals surface area contributed by atoms with Gasteiger partial charge >= 0.3 is 0 Å². The fraction of sp³-hybridized carbons (Fsp3) is 0.400. The molecule has 0 aliphatic carbocycles. The summed E-state index contributed by atoms with van der Waals surface area (Å²) in [7, 11) is 0. The van der Waals surface area contributed by atoms with Gasteiger partial charge in [-0.05, 0) is 31.5 Å². The predicted octanol–water partition coefficient (Wildman–Crippen LogP) is 0.766. The molecule has 0 bridgehead atoms. The first-order valence-electron chi connectivity index (χ1n) is 6.34. The van der Waals surface area contributed by atoms with Gasteiger partial charge in [0.1, 0.15) is 12.4 Å². The zero-order valence-electron chi connectivity index (χ0n) is 11.2. The lowest BCUT2D eigenvalue weighted by Gasteiger charge is -2.19. The summed E-state index contributed by atoms with van der Waals surface area (Å²) >= 11 is 0. The molecule has 1 fully saturated rings. The van der Waals surface area contributed by atoms with Crippen LogP contribution in [0.25, 0.3) is 0 Å². The maximum atomic E-state index is 13.4. The molecule has 1 amide bonds. The Morgan fingerprint density at radius 2 is 2.30 bits per heavy atom. The molecule has 0 saturated carbocycles. The fourth-order valence-corrected chi connectivity index (χ4v) is 2.23. The van der Waals surface area contributed by atoms with Gasteiger partial charge in [-0.25, -0.2) is 4.39 Å². The molecule has 1 atom stereocenters. The number of likely N-dealkylation sites (tertiary alicyclic amines) is 1. The summed E-state index contributed by atoms with van der Waals surface area (Å²) in [6.45, 7) is 1.98. The highest BCUT2D eigenvalue weighted by Gasteiger charge is 2.34. The van der Waals surface area contributed by atoms with Crippen LogP contribution in [-0.2, 0) is 0 Å². The largest absolute Gasteiger partial charge is 0.388 e. The molecule has 106 valence electrons. The third kappa shape index (κ3) is 3.16. The summed E-state index contributed by atoms with van der Waals surface area (Å²) in [4.78, 5) is 13.9. The van der Waals surface area contributed by atoms with Crippen LogP contribution in [0.5, 0.6) is 0 Å². The highest BCUT2D eigenvalue weighted by atomic mass is 19.1. The molecular weight excluding hydrogens is 261 g/mol. The minimum atomic E-state index is -0.903. The number of aliphatic hydroxyl groups excluding tert-OH is 1. The molecule has 2 rings (SSSR count). The second-order valence-corrected chi connectivity index (χ2v) is 5.12. The molecular formula is C15H16FNO3. The summed E-state index contributed by atoms with van der Waals surface area (Å²) in [6.07, 6.45) is 0.492. The van der Waals surface area contributed by atoms with Crippen LogP contribution in [0, 0.1) is 17.7 Å². The van der Waals surface area contributed by atoms with E-state index in [1.165, 1.54) is 17.0 Å². The lowest BCUT2D eigenvalue weighted by Crippen LogP contribution is -2.34. The van der Waals surface area contributed by atoms with E-state index in [2.05, 4.69) is 11.8 Å². The normalized spacial score (nSPS) is 21.5. The van der Waals surface area contributed by atoms with E-state index in [0.717, 1.165) is 6.07 Å². The Kier molecular flexibility index (Phi) is 4.07. The van der Waals surface area contributed by atoms with Crippen molar-refractivity contribution >= 4 is 5.91 Å². The molecule has 4 nitrogen and oxygen atoms in total. The van der Waals surface area contributed by atoms with Crippen LogP contribution in [-0.4, -0.2) is 46.3 Å². The van der Waals surface area contributed by atoms with Gasteiger partial charge < -0.3 is 15.1 Å². The molecule has 0 aromatic heterocycles. The van der Waals surface area contributed by atoms with E-state index in [9.17, 15) is 14.3 Å². The Labute approximate surface area is 116 Å². The van der Waals surface area contributed by atoms with E-state index in [1.54, 1.807) is 6.92 Å². The first-order chi connectivity index (χ1) is 9.43. The Bertz CT molecular complexity index is 587. The van der Waals surface area contributed by atoms with E-state index in [-0.39, 0.29) is 24.6 Å². The van der Waals surface area contributed by atoms with E-state index >= 15 is 0 Å². The van der Waals surface area contributed by atoms with Crippen LogP contribution >= 0.6 is 0 Å². The number of amides is 1. The van der Waals surface area contributed by atoms with Crippen LogP contribution in [0.4, 0.5) is 4.39 Å². The van der Waals surface area contributed by atoms with Crippen molar-refractivity contribution in [2.24, 2.45) is 0 Å². The number of benzene rings is 1. The fourth-order valence-electron chi connectivity index (χ4n) is 2.23.